The van der Waals surface area contributed by atoms with E-state index in [0.717, 1.165) is 13.0 Å². The summed E-state index contributed by atoms with van der Waals surface area (Å²) in [5.41, 5.74) is 1.41. The van der Waals surface area contributed by atoms with Crippen LogP contribution in [-0.4, -0.2) is 11.8 Å². The van der Waals surface area contributed by atoms with E-state index in [-0.39, 0.29) is 0 Å². The van der Waals surface area contributed by atoms with Gasteiger partial charge in [-0.05, 0) is 37.1 Å². The number of hydrogen-bond acceptors (Lipinski definition) is 2. The van der Waals surface area contributed by atoms with Crippen LogP contribution in [0.2, 0.25) is 0 Å². The van der Waals surface area contributed by atoms with E-state index in [0.29, 0.717) is 11.3 Å². The Labute approximate surface area is 110 Å². The normalized spacial score (nSPS) is 14.6. The van der Waals surface area contributed by atoms with Gasteiger partial charge in [0.2, 0.25) is 0 Å². The molecule has 0 radical (unpaired) electrons. The van der Waals surface area contributed by atoms with Crippen molar-refractivity contribution in [3.8, 4) is 0 Å². The maximum Gasteiger partial charge on any atom is 0.0317 e. The van der Waals surface area contributed by atoms with Crippen molar-refractivity contribution in [2.45, 2.75) is 56.7 Å². The highest BCUT2D eigenvalue weighted by Crippen LogP contribution is 2.26. The zero-order chi connectivity index (χ0) is 12.7. The molecular formula is C15H25NS. The van der Waals surface area contributed by atoms with Gasteiger partial charge in [-0.2, -0.15) is 0 Å². The van der Waals surface area contributed by atoms with Gasteiger partial charge in [-0.1, -0.05) is 39.8 Å². The monoisotopic (exact) mass is 251 g/mol. The second-order valence-electron chi connectivity index (χ2n) is 4.42. The van der Waals surface area contributed by atoms with Gasteiger partial charge in [0.15, 0.2) is 0 Å². The first-order valence-electron chi connectivity index (χ1n) is 6.71. The molecule has 2 unspecified atom stereocenters. The zero-order valence-corrected chi connectivity index (χ0v) is 12.3. The van der Waals surface area contributed by atoms with Crippen LogP contribution in [0.1, 0.15) is 52.1 Å². The molecule has 1 nitrogen and oxygen atoms in total. The lowest BCUT2D eigenvalue weighted by atomic mass is 10.1. The molecule has 0 spiro atoms. The summed E-state index contributed by atoms with van der Waals surface area (Å²) in [5.74, 6) is 0. The van der Waals surface area contributed by atoms with E-state index in [1.807, 2.05) is 11.8 Å². The third-order valence-corrected chi connectivity index (χ3v) is 4.33. The number of benzene rings is 1. The Morgan fingerprint density at radius 2 is 1.71 bits per heavy atom. The average Bonchev–Trinajstić information content (AvgIpc) is 2.37. The summed E-state index contributed by atoms with van der Waals surface area (Å²) in [5, 5.41) is 4.22. The lowest BCUT2D eigenvalue weighted by molar-refractivity contribution is 0.537. The first-order valence-corrected chi connectivity index (χ1v) is 7.59. The molecule has 0 amide bonds. The van der Waals surface area contributed by atoms with Crippen LogP contribution in [0.3, 0.4) is 0 Å². The molecule has 17 heavy (non-hydrogen) atoms. The topological polar surface area (TPSA) is 12.0 Å². The van der Waals surface area contributed by atoms with E-state index >= 15 is 0 Å². The Bertz CT molecular complexity index is 307. The largest absolute Gasteiger partial charge is 0.310 e. The third-order valence-electron chi connectivity index (χ3n) is 3.05. The highest BCUT2D eigenvalue weighted by molar-refractivity contribution is 7.99. The Morgan fingerprint density at radius 3 is 2.18 bits per heavy atom. The van der Waals surface area contributed by atoms with E-state index in [4.69, 9.17) is 0 Å². The molecule has 0 aliphatic carbocycles. The second kappa shape index (κ2) is 7.78. The highest BCUT2D eigenvalue weighted by atomic mass is 32.2. The Hall–Kier alpha value is -0.470. The van der Waals surface area contributed by atoms with Gasteiger partial charge in [0.1, 0.15) is 0 Å². The van der Waals surface area contributed by atoms with Crippen molar-refractivity contribution in [1.29, 1.82) is 0 Å². The smallest absolute Gasteiger partial charge is 0.0317 e. The predicted octanol–water partition coefficient (Wildman–Crippen LogP) is 4.64. The fourth-order valence-corrected chi connectivity index (χ4v) is 2.76. The van der Waals surface area contributed by atoms with Gasteiger partial charge in [0.25, 0.3) is 0 Å². The molecule has 0 heterocycles. The second-order valence-corrected chi connectivity index (χ2v) is 5.94. The molecule has 1 aromatic rings. The molecular weight excluding hydrogens is 226 g/mol. The van der Waals surface area contributed by atoms with Crippen molar-refractivity contribution >= 4 is 11.8 Å². The molecule has 2 atom stereocenters. The highest BCUT2D eigenvalue weighted by Gasteiger charge is 2.08. The fraction of sp³-hybridized carbons (Fsp3) is 0.600. The van der Waals surface area contributed by atoms with E-state index < -0.39 is 0 Å². The number of thioether (sulfide) groups is 1. The predicted molar refractivity (Wildman–Crippen MR) is 78.8 cm³/mol. The van der Waals surface area contributed by atoms with E-state index in [2.05, 4.69) is 57.3 Å². The molecule has 0 aliphatic heterocycles. The van der Waals surface area contributed by atoms with Crippen molar-refractivity contribution < 1.29 is 0 Å². The molecule has 0 aromatic heterocycles. The van der Waals surface area contributed by atoms with Crippen molar-refractivity contribution in [3.05, 3.63) is 29.8 Å². The average molecular weight is 251 g/mol. The van der Waals surface area contributed by atoms with Crippen LogP contribution in [0.5, 0.6) is 0 Å². The number of rotatable bonds is 7. The van der Waals surface area contributed by atoms with Gasteiger partial charge >= 0.3 is 0 Å². The zero-order valence-electron chi connectivity index (χ0n) is 11.5. The van der Waals surface area contributed by atoms with Crippen LogP contribution in [-0.2, 0) is 0 Å². The van der Waals surface area contributed by atoms with E-state index in [9.17, 15) is 0 Å². The van der Waals surface area contributed by atoms with Crippen LogP contribution >= 0.6 is 11.8 Å². The van der Waals surface area contributed by atoms with Crippen molar-refractivity contribution in [2.24, 2.45) is 0 Å². The fourth-order valence-electron chi connectivity index (χ4n) is 1.84. The SMILES string of the molecule is CCNC(CC)c1ccc(SC(C)CC)cc1. The Balaban J connectivity index is 2.66. The molecule has 2 heteroatoms. The molecule has 0 saturated carbocycles. The quantitative estimate of drug-likeness (QED) is 0.709. The molecule has 1 aromatic carbocycles. The summed E-state index contributed by atoms with van der Waals surface area (Å²) >= 11 is 1.96. The van der Waals surface area contributed by atoms with Crippen LogP contribution in [0.15, 0.2) is 29.2 Å². The van der Waals surface area contributed by atoms with Crippen LogP contribution < -0.4 is 5.32 Å². The van der Waals surface area contributed by atoms with E-state index in [1.165, 1.54) is 16.9 Å². The maximum atomic E-state index is 3.51. The minimum atomic E-state index is 0.502. The molecule has 0 aliphatic rings. The molecule has 0 saturated heterocycles. The van der Waals surface area contributed by atoms with Gasteiger partial charge in [0.05, 0.1) is 0 Å². The summed E-state index contributed by atoms with van der Waals surface area (Å²) in [6.45, 7) is 9.95. The Morgan fingerprint density at radius 1 is 1.06 bits per heavy atom. The van der Waals surface area contributed by atoms with Crippen LogP contribution in [0.4, 0.5) is 0 Å². The lowest BCUT2D eigenvalue weighted by Gasteiger charge is -2.17. The van der Waals surface area contributed by atoms with Gasteiger partial charge < -0.3 is 5.32 Å². The minimum Gasteiger partial charge on any atom is -0.310 e. The Kier molecular flexibility index (Phi) is 6.68. The first-order chi connectivity index (χ1) is 8.21. The summed E-state index contributed by atoms with van der Waals surface area (Å²) in [6.07, 6.45) is 2.37. The summed E-state index contributed by atoms with van der Waals surface area (Å²) in [4.78, 5) is 1.38. The molecule has 1 N–H and O–H groups in total. The van der Waals surface area contributed by atoms with Crippen molar-refractivity contribution in [2.75, 3.05) is 6.54 Å². The van der Waals surface area contributed by atoms with Gasteiger partial charge in [-0.3, -0.25) is 0 Å². The standard InChI is InChI=1S/C15H25NS/c1-5-12(4)17-14-10-8-13(9-11-14)15(6-2)16-7-3/h8-12,15-16H,5-7H2,1-4H3. The first kappa shape index (κ1) is 14.6. The maximum absolute atomic E-state index is 3.51. The molecule has 1 rings (SSSR count). The van der Waals surface area contributed by atoms with Gasteiger partial charge in [0, 0.05) is 16.2 Å². The van der Waals surface area contributed by atoms with E-state index in [1.54, 1.807) is 0 Å². The summed E-state index contributed by atoms with van der Waals surface area (Å²) < 4.78 is 0. The minimum absolute atomic E-state index is 0.502. The van der Waals surface area contributed by atoms with Crippen molar-refractivity contribution in [1.82, 2.24) is 5.32 Å². The summed E-state index contributed by atoms with van der Waals surface area (Å²) in [7, 11) is 0. The lowest BCUT2D eigenvalue weighted by Crippen LogP contribution is -2.19. The van der Waals surface area contributed by atoms with Crippen molar-refractivity contribution in [3.63, 3.8) is 0 Å². The third kappa shape index (κ3) is 4.72. The van der Waals surface area contributed by atoms with Gasteiger partial charge in [-0.15, -0.1) is 11.8 Å². The number of nitrogens with one attached hydrogen (secondary N) is 1. The van der Waals surface area contributed by atoms with Gasteiger partial charge in [-0.25, -0.2) is 0 Å². The van der Waals surface area contributed by atoms with Crippen LogP contribution in [0, 0.1) is 0 Å². The number of hydrogen-bond donors (Lipinski definition) is 1. The molecule has 0 fully saturated rings. The van der Waals surface area contributed by atoms with Crippen LogP contribution in [0.25, 0.3) is 0 Å². The molecule has 0 bridgehead atoms. The summed E-state index contributed by atoms with van der Waals surface area (Å²) in [6, 6.07) is 9.55. The molecule has 96 valence electrons.